The van der Waals surface area contributed by atoms with Crippen LogP contribution in [0.15, 0.2) is 18.2 Å². The van der Waals surface area contributed by atoms with E-state index >= 15 is 0 Å². The Labute approximate surface area is 72.0 Å². The second-order valence-corrected chi connectivity index (χ2v) is 2.71. The van der Waals surface area contributed by atoms with Crippen LogP contribution in [0.25, 0.3) is 0 Å². The molecule has 0 aromatic heterocycles. The Kier molecular flexibility index (Phi) is 3.08. The molecule has 0 aliphatic heterocycles. The minimum atomic E-state index is 0.135. The van der Waals surface area contributed by atoms with Crippen LogP contribution in [0.1, 0.15) is 11.1 Å². The molecule has 1 aromatic rings. The van der Waals surface area contributed by atoms with Crippen molar-refractivity contribution in [3.8, 4) is 0 Å². The molecule has 3 nitrogen and oxygen atoms in total. The van der Waals surface area contributed by atoms with E-state index in [9.17, 15) is 0 Å². The van der Waals surface area contributed by atoms with Crippen LogP contribution < -0.4 is 11.5 Å². The summed E-state index contributed by atoms with van der Waals surface area (Å²) in [6, 6.07) is 5.59. The van der Waals surface area contributed by atoms with Crippen LogP contribution in [0.3, 0.4) is 0 Å². The zero-order valence-electron chi connectivity index (χ0n) is 6.96. The molecule has 0 bridgehead atoms. The lowest BCUT2D eigenvalue weighted by atomic mass is 10.0. The smallest absolute Gasteiger partial charge is 0.0471 e. The van der Waals surface area contributed by atoms with Gasteiger partial charge in [0.15, 0.2) is 0 Å². The molecule has 0 aliphatic carbocycles. The maximum absolute atomic E-state index is 8.75. The van der Waals surface area contributed by atoms with Crippen molar-refractivity contribution in [2.24, 2.45) is 5.73 Å². The molecule has 0 saturated carbocycles. The fourth-order valence-electron chi connectivity index (χ4n) is 1.20. The number of rotatable bonds is 3. The lowest BCUT2D eigenvalue weighted by Crippen LogP contribution is -2.04. The summed E-state index contributed by atoms with van der Waals surface area (Å²) in [5.74, 6) is 0. The van der Waals surface area contributed by atoms with Crippen LogP contribution in [0.4, 0.5) is 5.69 Å². The molecular formula is C9H14N2O. The molecule has 5 N–H and O–H groups in total. The van der Waals surface area contributed by atoms with E-state index in [0.717, 1.165) is 16.8 Å². The highest BCUT2D eigenvalue weighted by atomic mass is 16.2. The topological polar surface area (TPSA) is 72.3 Å². The quantitative estimate of drug-likeness (QED) is 0.564. The molecule has 0 spiro atoms. The van der Waals surface area contributed by atoms with Gasteiger partial charge in [-0.25, -0.2) is 0 Å². The monoisotopic (exact) mass is 166 g/mol. The number of aliphatic hydroxyl groups is 1. The third-order valence-corrected chi connectivity index (χ3v) is 1.83. The first-order valence-electron chi connectivity index (χ1n) is 3.96. The second-order valence-electron chi connectivity index (χ2n) is 2.71. The first-order valence-corrected chi connectivity index (χ1v) is 3.96. The van der Waals surface area contributed by atoms with Gasteiger partial charge in [-0.1, -0.05) is 6.07 Å². The van der Waals surface area contributed by atoms with Gasteiger partial charge in [-0.05, 0) is 29.7 Å². The predicted octanol–water partition coefficient (Wildman–Crippen LogP) is 0.262. The van der Waals surface area contributed by atoms with Crippen molar-refractivity contribution in [1.29, 1.82) is 0 Å². The summed E-state index contributed by atoms with van der Waals surface area (Å²) in [6.45, 7) is 0.631. The number of hydrogen-bond acceptors (Lipinski definition) is 3. The first kappa shape index (κ1) is 9.03. The Balaban J connectivity index is 2.95. The fourth-order valence-corrected chi connectivity index (χ4v) is 1.20. The van der Waals surface area contributed by atoms with Gasteiger partial charge >= 0.3 is 0 Å². The SMILES string of the molecule is NCc1ccc(N)cc1CCO. The van der Waals surface area contributed by atoms with Crippen molar-refractivity contribution in [1.82, 2.24) is 0 Å². The number of nitrogen functional groups attached to an aromatic ring is 1. The van der Waals surface area contributed by atoms with Crippen LogP contribution in [0, 0.1) is 0 Å². The van der Waals surface area contributed by atoms with Gasteiger partial charge < -0.3 is 16.6 Å². The van der Waals surface area contributed by atoms with E-state index in [0.29, 0.717) is 13.0 Å². The minimum absolute atomic E-state index is 0.135. The van der Waals surface area contributed by atoms with Crippen LogP contribution in [0.2, 0.25) is 0 Å². The lowest BCUT2D eigenvalue weighted by molar-refractivity contribution is 0.299. The summed E-state index contributed by atoms with van der Waals surface area (Å²) in [6.07, 6.45) is 0.623. The number of hydrogen-bond donors (Lipinski definition) is 3. The fraction of sp³-hybridized carbons (Fsp3) is 0.333. The first-order chi connectivity index (χ1) is 5.77. The summed E-state index contributed by atoms with van der Waals surface area (Å²) in [7, 11) is 0. The highest BCUT2D eigenvalue weighted by Crippen LogP contribution is 2.13. The molecule has 0 unspecified atom stereocenters. The van der Waals surface area contributed by atoms with Crippen molar-refractivity contribution in [3.63, 3.8) is 0 Å². The van der Waals surface area contributed by atoms with Crippen molar-refractivity contribution in [2.45, 2.75) is 13.0 Å². The van der Waals surface area contributed by atoms with Crippen LogP contribution in [0.5, 0.6) is 0 Å². The molecule has 0 amide bonds. The number of aliphatic hydroxyl groups excluding tert-OH is 1. The minimum Gasteiger partial charge on any atom is -0.399 e. The van der Waals surface area contributed by atoms with Gasteiger partial charge in [-0.2, -0.15) is 0 Å². The van der Waals surface area contributed by atoms with Gasteiger partial charge in [0.1, 0.15) is 0 Å². The molecule has 3 heteroatoms. The standard InChI is InChI=1S/C9H14N2O/c10-6-8-1-2-9(11)5-7(8)3-4-12/h1-2,5,12H,3-4,6,10-11H2. The maximum Gasteiger partial charge on any atom is 0.0471 e. The molecular weight excluding hydrogens is 152 g/mol. The highest BCUT2D eigenvalue weighted by molar-refractivity contribution is 5.44. The molecule has 0 saturated heterocycles. The highest BCUT2D eigenvalue weighted by Gasteiger charge is 1.99. The second kappa shape index (κ2) is 4.09. The van der Waals surface area contributed by atoms with Gasteiger partial charge in [0.05, 0.1) is 0 Å². The molecule has 12 heavy (non-hydrogen) atoms. The summed E-state index contributed by atoms with van der Waals surface area (Å²) >= 11 is 0. The average molecular weight is 166 g/mol. The van der Waals surface area contributed by atoms with Crippen LogP contribution >= 0.6 is 0 Å². The zero-order chi connectivity index (χ0) is 8.97. The number of anilines is 1. The van der Waals surface area contributed by atoms with E-state index < -0.39 is 0 Å². The summed E-state index contributed by atoms with van der Waals surface area (Å²) < 4.78 is 0. The molecule has 0 radical (unpaired) electrons. The number of benzene rings is 1. The van der Waals surface area contributed by atoms with E-state index in [2.05, 4.69) is 0 Å². The molecule has 0 fully saturated rings. The third-order valence-electron chi connectivity index (χ3n) is 1.83. The van der Waals surface area contributed by atoms with Crippen LogP contribution in [-0.4, -0.2) is 11.7 Å². The molecule has 1 aromatic carbocycles. The largest absolute Gasteiger partial charge is 0.399 e. The molecule has 0 aliphatic rings. The Morgan fingerprint density at radius 1 is 1.25 bits per heavy atom. The average Bonchev–Trinajstić information content (AvgIpc) is 2.05. The summed E-state index contributed by atoms with van der Waals surface area (Å²) in [5, 5.41) is 8.75. The van der Waals surface area contributed by atoms with E-state index in [1.807, 2.05) is 18.2 Å². The Hall–Kier alpha value is -1.06. The van der Waals surface area contributed by atoms with E-state index in [4.69, 9.17) is 16.6 Å². The molecule has 66 valence electrons. The summed E-state index contributed by atoms with van der Waals surface area (Å²) in [4.78, 5) is 0. The molecule has 0 heterocycles. The maximum atomic E-state index is 8.75. The van der Waals surface area contributed by atoms with Gasteiger partial charge in [0.25, 0.3) is 0 Å². The molecule has 0 atom stereocenters. The third kappa shape index (κ3) is 1.96. The Morgan fingerprint density at radius 3 is 2.58 bits per heavy atom. The van der Waals surface area contributed by atoms with Crippen LogP contribution in [-0.2, 0) is 13.0 Å². The van der Waals surface area contributed by atoms with Gasteiger partial charge in [-0.3, -0.25) is 0 Å². The number of nitrogens with two attached hydrogens (primary N) is 2. The van der Waals surface area contributed by atoms with Crippen molar-refractivity contribution in [2.75, 3.05) is 12.3 Å². The van der Waals surface area contributed by atoms with E-state index in [-0.39, 0.29) is 6.61 Å². The predicted molar refractivity (Wildman–Crippen MR) is 49.5 cm³/mol. The van der Waals surface area contributed by atoms with Crippen molar-refractivity contribution < 1.29 is 5.11 Å². The zero-order valence-corrected chi connectivity index (χ0v) is 6.96. The Bertz CT molecular complexity index is 261. The van der Waals surface area contributed by atoms with Crippen molar-refractivity contribution in [3.05, 3.63) is 29.3 Å². The van der Waals surface area contributed by atoms with Gasteiger partial charge in [-0.15, -0.1) is 0 Å². The van der Waals surface area contributed by atoms with Crippen molar-refractivity contribution >= 4 is 5.69 Å². The Morgan fingerprint density at radius 2 is 2.00 bits per heavy atom. The normalized spacial score (nSPS) is 10.2. The summed E-state index contributed by atoms with van der Waals surface area (Å²) in [5.41, 5.74) is 13.9. The molecule has 1 rings (SSSR count). The van der Waals surface area contributed by atoms with E-state index in [1.54, 1.807) is 0 Å². The van der Waals surface area contributed by atoms with Gasteiger partial charge in [0.2, 0.25) is 0 Å². The van der Waals surface area contributed by atoms with E-state index in [1.165, 1.54) is 0 Å². The lowest BCUT2D eigenvalue weighted by Gasteiger charge is -2.06. The van der Waals surface area contributed by atoms with Gasteiger partial charge in [0, 0.05) is 18.8 Å².